The summed E-state index contributed by atoms with van der Waals surface area (Å²) in [7, 11) is 0. The average Bonchev–Trinajstić information content (AvgIpc) is 2.55. The second-order valence-corrected chi connectivity index (χ2v) is 5.68. The molecule has 3 rings (SSSR count). The summed E-state index contributed by atoms with van der Waals surface area (Å²) in [6, 6.07) is 11.3. The Kier molecular flexibility index (Phi) is 4.90. The van der Waals surface area contributed by atoms with Crippen LogP contribution in [0.3, 0.4) is 0 Å². The Morgan fingerprint density at radius 3 is 2.60 bits per heavy atom. The summed E-state index contributed by atoms with van der Waals surface area (Å²) in [5.74, 6) is 0. The van der Waals surface area contributed by atoms with Crippen molar-refractivity contribution in [3.05, 3.63) is 30.3 Å². The molecule has 0 saturated carbocycles. The Morgan fingerprint density at radius 2 is 1.90 bits per heavy atom. The molecule has 0 amide bonds. The van der Waals surface area contributed by atoms with Crippen molar-refractivity contribution in [3.63, 3.8) is 0 Å². The van der Waals surface area contributed by atoms with Crippen LogP contribution in [0.1, 0.15) is 6.42 Å². The standard InChI is InChI=1S/C16H25N3O/c1-2-4-16(5-3-1)19-11-9-18(10-12-19)8-6-15-14-20-13-7-17-15/h1-5,15,17H,6-14H2. The van der Waals surface area contributed by atoms with Gasteiger partial charge in [0.25, 0.3) is 0 Å². The first-order chi connectivity index (χ1) is 9.92. The van der Waals surface area contributed by atoms with Crippen molar-refractivity contribution < 1.29 is 4.74 Å². The first-order valence-electron chi connectivity index (χ1n) is 7.75. The van der Waals surface area contributed by atoms with Crippen LogP contribution in [-0.4, -0.2) is 63.4 Å². The number of nitrogens with one attached hydrogen (secondary N) is 1. The van der Waals surface area contributed by atoms with E-state index < -0.39 is 0 Å². The Bertz CT molecular complexity index is 384. The zero-order valence-corrected chi connectivity index (χ0v) is 12.1. The Balaban J connectivity index is 1.40. The van der Waals surface area contributed by atoms with Crippen molar-refractivity contribution in [2.45, 2.75) is 12.5 Å². The van der Waals surface area contributed by atoms with Gasteiger partial charge in [-0.05, 0) is 25.1 Å². The highest BCUT2D eigenvalue weighted by molar-refractivity contribution is 5.46. The van der Waals surface area contributed by atoms with E-state index in [0.29, 0.717) is 6.04 Å². The van der Waals surface area contributed by atoms with Gasteiger partial charge >= 0.3 is 0 Å². The minimum atomic E-state index is 0.552. The summed E-state index contributed by atoms with van der Waals surface area (Å²) in [5, 5.41) is 3.53. The number of para-hydroxylation sites is 1. The van der Waals surface area contributed by atoms with Crippen molar-refractivity contribution in [2.24, 2.45) is 0 Å². The number of hydrogen-bond donors (Lipinski definition) is 1. The summed E-state index contributed by atoms with van der Waals surface area (Å²) < 4.78 is 5.51. The molecule has 20 heavy (non-hydrogen) atoms. The predicted octanol–water partition coefficient (Wildman–Crippen LogP) is 1.19. The number of rotatable bonds is 4. The van der Waals surface area contributed by atoms with Crippen molar-refractivity contribution in [3.8, 4) is 0 Å². The fraction of sp³-hybridized carbons (Fsp3) is 0.625. The molecule has 4 heteroatoms. The molecule has 110 valence electrons. The van der Waals surface area contributed by atoms with Crippen molar-refractivity contribution in [1.29, 1.82) is 0 Å². The fourth-order valence-electron chi connectivity index (χ4n) is 3.01. The van der Waals surface area contributed by atoms with Gasteiger partial charge in [0.15, 0.2) is 0 Å². The van der Waals surface area contributed by atoms with Crippen LogP contribution in [0.25, 0.3) is 0 Å². The molecule has 2 aliphatic rings. The minimum absolute atomic E-state index is 0.552. The van der Waals surface area contributed by atoms with E-state index in [2.05, 4.69) is 45.4 Å². The van der Waals surface area contributed by atoms with Crippen LogP contribution < -0.4 is 10.2 Å². The lowest BCUT2D eigenvalue weighted by molar-refractivity contribution is 0.0696. The van der Waals surface area contributed by atoms with Crippen molar-refractivity contribution in [1.82, 2.24) is 10.2 Å². The van der Waals surface area contributed by atoms with E-state index in [9.17, 15) is 0 Å². The third kappa shape index (κ3) is 3.72. The summed E-state index contributed by atoms with van der Waals surface area (Å²) in [5.41, 5.74) is 1.36. The third-order valence-electron chi connectivity index (χ3n) is 4.29. The molecule has 2 saturated heterocycles. The van der Waals surface area contributed by atoms with Crippen LogP contribution in [0.4, 0.5) is 5.69 Å². The SMILES string of the molecule is c1ccc(N2CCN(CCC3COCCN3)CC2)cc1. The lowest BCUT2D eigenvalue weighted by atomic mass is 10.1. The van der Waals surface area contributed by atoms with E-state index in [4.69, 9.17) is 4.74 Å². The van der Waals surface area contributed by atoms with E-state index in [1.165, 1.54) is 31.7 Å². The van der Waals surface area contributed by atoms with E-state index in [1.807, 2.05) is 0 Å². The number of anilines is 1. The highest BCUT2D eigenvalue weighted by Gasteiger charge is 2.19. The zero-order valence-electron chi connectivity index (χ0n) is 12.1. The van der Waals surface area contributed by atoms with Crippen LogP contribution in [0.15, 0.2) is 30.3 Å². The van der Waals surface area contributed by atoms with Gasteiger partial charge in [-0.2, -0.15) is 0 Å². The van der Waals surface area contributed by atoms with Gasteiger partial charge in [-0.25, -0.2) is 0 Å². The molecule has 1 aromatic carbocycles. The number of ether oxygens (including phenoxy) is 1. The number of piperazine rings is 1. The summed E-state index contributed by atoms with van der Waals surface area (Å²) >= 11 is 0. The first kappa shape index (κ1) is 13.9. The molecule has 1 N–H and O–H groups in total. The Labute approximate surface area is 121 Å². The molecule has 1 aromatic rings. The van der Waals surface area contributed by atoms with Gasteiger partial charge in [0, 0.05) is 44.5 Å². The van der Waals surface area contributed by atoms with Gasteiger partial charge in [0.2, 0.25) is 0 Å². The maximum absolute atomic E-state index is 5.51. The molecular weight excluding hydrogens is 250 g/mol. The van der Waals surface area contributed by atoms with Gasteiger partial charge in [-0.1, -0.05) is 18.2 Å². The highest BCUT2D eigenvalue weighted by atomic mass is 16.5. The molecule has 0 aliphatic carbocycles. The molecule has 1 atom stereocenters. The molecule has 2 fully saturated rings. The lowest BCUT2D eigenvalue weighted by Gasteiger charge is -2.37. The largest absolute Gasteiger partial charge is 0.379 e. The van der Waals surface area contributed by atoms with Crippen molar-refractivity contribution >= 4 is 5.69 Å². The van der Waals surface area contributed by atoms with E-state index in [-0.39, 0.29) is 0 Å². The Hall–Kier alpha value is -1.10. The predicted molar refractivity (Wildman–Crippen MR) is 82.3 cm³/mol. The highest BCUT2D eigenvalue weighted by Crippen LogP contribution is 2.15. The topological polar surface area (TPSA) is 27.7 Å². The van der Waals surface area contributed by atoms with Crippen LogP contribution in [0.5, 0.6) is 0 Å². The molecule has 0 radical (unpaired) electrons. The number of hydrogen-bond acceptors (Lipinski definition) is 4. The van der Waals surface area contributed by atoms with Crippen molar-refractivity contribution in [2.75, 3.05) is 57.4 Å². The van der Waals surface area contributed by atoms with Gasteiger partial charge in [-0.3, -0.25) is 4.90 Å². The normalized spacial score (nSPS) is 24.8. The lowest BCUT2D eigenvalue weighted by Crippen LogP contribution is -2.49. The fourth-order valence-corrected chi connectivity index (χ4v) is 3.01. The average molecular weight is 275 g/mol. The van der Waals surface area contributed by atoms with E-state index >= 15 is 0 Å². The summed E-state index contributed by atoms with van der Waals surface area (Å²) in [6.45, 7) is 8.55. The zero-order chi connectivity index (χ0) is 13.6. The van der Waals surface area contributed by atoms with Gasteiger partial charge in [0.05, 0.1) is 13.2 Å². The molecule has 2 aliphatic heterocycles. The van der Waals surface area contributed by atoms with Crippen LogP contribution >= 0.6 is 0 Å². The van der Waals surface area contributed by atoms with Gasteiger partial charge < -0.3 is 15.0 Å². The second-order valence-electron chi connectivity index (χ2n) is 5.68. The maximum Gasteiger partial charge on any atom is 0.0620 e. The molecule has 0 spiro atoms. The molecule has 4 nitrogen and oxygen atoms in total. The van der Waals surface area contributed by atoms with Crippen LogP contribution in [0.2, 0.25) is 0 Å². The van der Waals surface area contributed by atoms with Gasteiger partial charge in [0.1, 0.15) is 0 Å². The summed E-state index contributed by atoms with van der Waals surface area (Å²) in [4.78, 5) is 5.06. The molecule has 0 aromatic heterocycles. The second kappa shape index (κ2) is 7.07. The first-order valence-corrected chi connectivity index (χ1v) is 7.75. The van der Waals surface area contributed by atoms with Gasteiger partial charge in [-0.15, -0.1) is 0 Å². The smallest absolute Gasteiger partial charge is 0.0620 e. The number of benzene rings is 1. The molecule has 0 bridgehead atoms. The Morgan fingerprint density at radius 1 is 1.10 bits per heavy atom. The third-order valence-corrected chi connectivity index (χ3v) is 4.29. The molecule has 2 heterocycles. The van der Waals surface area contributed by atoms with Crippen LogP contribution in [0, 0.1) is 0 Å². The van der Waals surface area contributed by atoms with E-state index in [1.54, 1.807) is 0 Å². The monoisotopic (exact) mass is 275 g/mol. The minimum Gasteiger partial charge on any atom is -0.379 e. The molecular formula is C16H25N3O. The van der Waals surface area contributed by atoms with E-state index in [0.717, 1.165) is 32.8 Å². The maximum atomic E-state index is 5.51. The quantitative estimate of drug-likeness (QED) is 0.893. The van der Waals surface area contributed by atoms with Crippen LogP contribution in [-0.2, 0) is 4.74 Å². The molecule has 1 unspecified atom stereocenters. The summed E-state index contributed by atoms with van der Waals surface area (Å²) in [6.07, 6.45) is 1.20. The number of morpholine rings is 1. The number of nitrogens with zero attached hydrogens (tertiary/aromatic N) is 2.